The highest BCUT2D eigenvalue weighted by Gasteiger charge is 2.12. The van der Waals surface area contributed by atoms with Crippen LogP contribution in [0.2, 0.25) is 0 Å². The molecule has 0 spiro atoms. The van der Waals surface area contributed by atoms with E-state index in [2.05, 4.69) is 31.1 Å². The van der Waals surface area contributed by atoms with Crippen LogP contribution >= 0.6 is 0 Å². The van der Waals surface area contributed by atoms with Gasteiger partial charge < -0.3 is 10.2 Å². The van der Waals surface area contributed by atoms with Crippen LogP contribution in [0.1, 0.15) is 25.8 Å². The van der Waals surface area contributed by atoms with Crippen molar-refractivity contribution in [1.29, 1.82) is 0 Å². The first-order valence-electron chi connectivity index (χ1n) is 6.61. The summed E-state index contributed by atoms with van der Waals surface area (Å²) in [6.07, 6.45) is 1.01. The molecule has 0 aromatic heterocycles. The van der Waals surface area contributed by atoms with Gasteiger partial charge in [-0.1, -0.05) is 6.07 Å². The van der Waals surface area contributed by atoms with E-state index in [0.29, 0.717) is 11.6 Å². The maximum Gasteiger partial charge on any atom is 0.274 e. The van der Waals surface area contributed by atoms with E-state index in [-0.39, 0.29) is 10.6 Å². The Labute approximate surface area is 114 Å². The molecule has 5 heteroatoms. The Morgan fingerprint density at radius 1 is 1.42 bits per heavy atom. The van der Waals surface area contributed by atoms with E-state index in [9.17, 15) is 10.1 Å². The first-order chi connectivity index (χ1) is 8.93. The van der Waals surface area contributed by atoms with E-state index < -0.39 is 0 Å². The molecule has 0 aliphatic heterocycles. The van der Waals surface area contributed by atoms with Crippen molar-refractivity contribution in [2.24, 2.45) is 0 Å². The maximum absolute atomic E-state index is 10.8. The van der Waals surface area contributed by atoms with Crippen LogP contribution in [0, 0.1) is 17.0 Å². The number of rotatable bonds is 7. The van der Waals surface area contributed by atoms with Gasteiger partial charge in [-0.25, -0.2) is 0 Å². The monoisotopic (exact) mass is 265 g/mol. The van der Waals surface area contributed by atoms with Crippen LogP contribution in [0.15, 0.2) is 18.2 Å². The standard InChI is InChI=1S/C14H23N3O2/c1-11(2)16(4)10-6-9-15-13-7-5-8-14(12(13)3)17(18)19/h5,7-8,11,15H,6,9-10H2,1-4H3. The van der Waals surface area contributed by atoms with Crippen molar-refractivity contribution in [2.45, 2.75) is 33.2 Å². The van der Waals surface area contributed by atoms with Crippen molar-refractivity contribution in [3.63, 3.8) is 0 Å². The molecule has 0 radical (unpaired) electrons. The van der Waals surface area contributed by atoms with Gasteiger partial charge in [0.05, 0.1) is 4.92 Å². The fourth-order valence-electron chi connectivity index (χ4n) is 1.82. The number of nitro groups is 1. The number of benzene rings is 1. The zero-order valence-corrected chi connectivity index (χ0v) is 12.1. The molecule has 0 fully saturated rings. The van der Waals surface area contributed by atoms with Gasteiger partial charge in [-0.15, -0.1) is 0 Å². The predicted molar refractivity (Wildman–Crippen MR) is 78.7 cm³/mol. The minimum atomic E-state index is -0.340. The van der Waals surface area contributed by atoms with Crippen LogP contribution in [-0.4, -0.2) is 36.0 Å². The fraction of sp³-hybridized carbons (Fsp3) is 0.571. The number of nitrogens with one attached hydrogen (secondary N) is 1. The van der Waals surface area contributed by atoms with Gasteiger partial charge in [0.15, 0.2) is 0 Å². The average Bonchev–Trinajstić information content (AvgIpc) is 2.35. The van der Waals surface area contributed by atoms with Gasteiger partial charge >= 0.3 is 0 Å². The Balaban J connectivity index is 2.50. The van der Waals surface area contributed by atoms with Gasteiger partial charge in [-0.2, -0.15) is 0 Å². The second kappa shape index (κ2) is 7.09. The van der Waals surface area contributed by atoms with Gasteiger partial charge in [0.2, 0.25) is 0 Å². The summed E-state index contributed by atoms with van der Waals surface area (Å²) in [5.74, 6) is 0. The lowest BCUT2D eigenvalue weighted by atomic mass is 10.1. The van der Waals surface area contributed by atoms with Crippen molar-refractivity contribution < 1.29 is 4.92 Å². The molecule has 0 aliphatic rings. The van der Waals surface area contributed by atoms with Crippen molar-refractivity contribution in [3.05, 3.63) is 33.9 Å². The lowest BCUT2D eigenvalue weighted by molar-refractivity contribution is -0.385. The Kier molecular flexibility index (Phi) is 5.76. The third-order valence-electron chi connectivity index (χ3n) is 3.39. The largest absolute Gasteiger partial charge is 0.385 e. The summed E-state index contributed by atoms with van der Waals surface area (Å²) in [5, 5.41) is 14.1. The van der Waals surface area contributed by atoms with E-state index in [4.69, 9.17) is 0 Å². The summed E-state index contributed by atoms with van der Waals surface area (Å²) in [6, 6.07) is 5.68. The number of anilines is 1. The second-order valence-corrected chi connectivity index (χ2v) is 5.06. The molecule has 1 aromatic rings. The smallest absolute Gasteiger partial charge is 0.274 e. The molecule has 19 heavy (non-hydrogen) atoms. The highest BCUT2D eigenvalue weighted by Crippen LogP contribution is 2.24. The minimum Gasteiger partial charge on any atom is -0.385 e. The molecular formula is C14H23N3O2. The first-order valence-corrected chi connectivity index (χ1v) is 6.61. The van der Waals surface area contributed by atoms with Crippen LogP contribution in [0.5, 0.6) is 0 Å². The zero-order chi connectivity index (χ0) is 14.4. The van der Waals surface area contributed by atoms with E-state index >= 15 is 0 Å². The van der Waals surface area contributed by atoms with Crippen LogP contribution in [-0.2, 0) is 0 Å². The molecule has 1 aromatic carbocycles. The predicted octanol–water partition coefficient (Wildman–Crippen LogP) is 3.05. The normalized spacial score (nSPS) is 11.1. The Hall–Kier alpha value is -1.62. The molecule has 1 N–H and O–H groups in total. The Morgan fingerprint density at radius 3 is 2.68 bits per heavy atom. The maximum atomic E-state index is 10.8. The lowest BCUT2D eigenvalue weighted by Gasteiger charge is -2.21. The highest BCUT2D eigenvalue weighted by atomic mass is 16.6. The molecule has 0 bridgehead atoms. The van der Waals surface area contributed by atoms with Crippen LogP contribution in [0.4, 0.5) is 11.4 Å². The third-order valence-corrected chi connectivity index (χ3v) is 3.39. The lowest BCUT2D eigenvalue weighted by Crippen LogP contribution is -2.28. The molecule has 0 amide bonds. The Morgan fingerprint density at radius 2 is 2.11 bits per heavy atom. The zero-order valence-electron chi connectivity index (χ0n) is 12.1. The molecule has 1 rings (SSSR count). The minimum absolute atomic E-state index is 0.171. The molecule has 0 saturated heterocycles. The number of nitro benzene ring substituents is 1. The van der Waals surface area contributed by atoms with Gasteiger partial charge in [0.25, 0.3) is 5.69 Å². The first kappa shape index (κ1) is 15.4. The van der Waals surface area contributed by atoms with Crippen molar-refractivity contribution in [3.8, 4) is 0 Å². The summed E-state index contributed by atoms with van der Waals surface area (Å²) in [4.78, 5) is 12.8. The fourth-order valence-corrected chi connectivity index (χ4v) is 1.82. The second-order valence-electron chi connectivity index (χ2n) is 5.06. The summed E-state index contributed by atoms with van der Waals surface area (Å²) in [5.41, 5.74) is 1.72. The van der Waals surface area contributed by atoms with Crippen molar-refractivity contribution in [2.75, 3.05) is 25.5 Å². The summed E-state index contributed by atoms with van der Waals surface area (Å²) < 4.78 is 0. The van der Waals surface area contributed by atoms with Crippen LogP contribution < -0.4 is 5.32 Å². The molecule has 5 nitrogen and oxygen atoms in total. The SMILES string of the molecule is Cc1c(NCCCN(C)C(C)C)cccc1[N+](=O)[O-]. The van der Waals surface area contributed by atoms with Gasteiger partial charge in [-0.3, -0.25) is 10.1 Å². The van der Waals surface area contributed by atoms with E-state index in [1.54, 1.807) is 13.0 Å². The van der Waals surface area contributed by atoms with Crippen molar-refractivity contribution >= 4 is 11.4 Å². The van der Waals surface area contributed by atoms with Gasteiger partial charge in [0.1, 0.15) is 0 Å². The summed E-state index contributed by atoms with van der Waals surface area (Å²) in [7, 11) is 2.10. The molecule has 0 atom stereocenters. The quantitative estimate of drug-likeness (QED) is 0.467. The molecule has 0 aliphatic carbocycles. The molecule has 0 unspecified atom stereocenters. The number of hydrogen-bond acceptors (Lipinski definition) is 4. The van der Waals surface area contributed by atoms with Crippen LogP contribution in [0.3, 0.4) is 0 Å². The number of hydrogen-bond donors (Lipinski definition) is 1. The average molecular weight is 265 g/mol. The highest BCUT2D eigenvalue weighted by molar-refractivity contribution is 5.59. The third kappa shape index (κ3) is 4.52. The van der Waals surface area contributed by atoms with Crippen LogP contribution in [0.25, 0.3) is 0 Å². The molecule has 0 saturated carbocycles. The van der Waals surface area contributed by atoms with Gasteiger partial charge in [-0.05, 0) is 46.9 Å². The topological polar surface area (TPSA) is 58.4 Å². The summed E-state index contributed by atoms with van der Waals surface area (Å²) >= 11 is 0. The number of nitrogens with zero attached hydrogens (tertiary/aromatic N) is 2. The van der Waals surface area contributed by atoms with E-state index in [1.807, 2.05) is 6.07 Å². The molecular weight excluding hydrogens is 242 g/mol. The summed E-state index contributed by atoms with van der Waals surface area (Å²) in [6.45, 7) is 7.94. The van der Waals surface area contributed by atoms with Crippen molar-refractivity contribution in [1.82, 2.24) is 4.90 Å². The van der Waals surface area contributed by atoms with E-state index in [0.717, 1.165) is 25.2 Å². The van der Waals surface area contributed by atoms with E-state index in [1.165, 1.54) is 6.07 Å². The van der Waals surface area contributed by atoms with Gasteiger partial charge in [0, 0.05) is 29.9 Å². The molecule has 106 valence electrons. The molecule has 0 heterocycles. The Bertz CT molecular complexity index is 433.